The minimum absolute atomic E-state index is 0.0543. The molecule has 1 aliphatic rings. The lowest BCUT2D eigenvalue weighted by Crippen LogP contribution is -2.48. The molecule has 0 bridgehead atoms. The molecule has 0 radical (unpaired) electrons. The summed E-state index contributed by atoms with van der Waals surface area (Å²) in [7, 11) is 0. The summed E-state index contributed by atoms with van der Waals surface area (Å²) in [5.41, 5.74) is 1.22. The fourth-order valence-electron chi connectivity index (χ4n) is 2.69. The van der Waals surface area contributed by atoms with Gasteiger partial charge in [-0.3, -0.25) is 14.6 Å². The minimum atomic E-state index is -0.0543. The van der Waals surface area contributed by atoms with Gasteiger partial charge in [-0.25, -0.2) is 0 Å². The molecule has 24 heavy (non-hydrogen) atoms. The predicted molar refractivity (Wildman–Crippen MR) is 93.5 cm³/mol. The molecule has 2 aromatic rings. The Morgan fingerprint density at radius 1 is 1.12 bits per heavy atom. The van der Waals surface area contributed by atoms with Gasteiger partial charge >= 0.3 is 0 Å². The van der Waals surface area contributed by atoms with Crippen LogP contribution in [0.1, 0.15) is 5.56 Å². The molecule has 0 spiro atoms. The van der Waals surface area contributed by atoms with Crippen molar-refractivity contribution in [3.8, 4) is 0 Å². The van der Waals surface area contributed by atoms with E-state index in [1.54, 1.807) is 6.07 Å². The molecule has 0 unspecified atom stereocenters. The topological polar surface area (TPSA) is 61.6 Å². The Balaban J connectivity index is 1.36. The number of rotatable bonds is 6. The molecule has 3 rings (SSSR count). The summed E-state index contributed by atoms with van der Waals surface area (Å²) in [6.07, 6.45) is 5.79. The summed E-state index contributed by atoms with van der Waals surface area (Å²) in [6, 6.07) is 11.9. The second-order valence-electron chi connectivity index (χ2n) is 5.82. The summed E-state index contributed by atoms with van der Waals surface area (Å²) >= 11 is 0. The fraction of sp³-hybridized carbons (Fsp3) is 0.333. The van der Waals surface area contributed by atoms with Crippen molar-refractivity contribution in [1.29, 1.82) is 0 Å². The van der Waals surface area contributed by atoms with E-state index in [4.69, 9.17) is 4.52 Å². The fourth-order valence-corrected chi connectivity index (χ4v) is 2.69. The number of nitrogens with one attached hydrogen (secondary N) is 1. The molecule has 1 amide bonds. The molecule has 126 valence electrons. The monoisotopic (exact) mass is 326 g/mol. The maximum atomic E-state index is 11.9. The molecule has 1 aromatic heterocycles. The smallest absolute Gasteiger partial charge is 0.239 e. The highest BCUT2D eigenvalue weighted by Crippen LogP contribution is 2.06. The minimum Gasteiger partial charge on any atom is -0.363 e. The van der Waals surface area contributed by atoms with Crippen molar-refractivity contribution in [1.82, 2.24) is 15.0 Å². The van der Waals surface area contributed by atoms with E-state index >= 15 is 0 Å². The van der Waals surface area contributed by atoms with Gasteiger partial charge in [-0.1, -0.05) is 47.6 Å². The van der Waals surface area contributed by atoms with Crippen LogP contribution in [0.5, 0.6) is 0 Å². The number of piperazine rings is 1. The first-order chi connectivity index (χ1) is 11.8. The number of carbonyl (C=O) groups is 1. The summed E-state index contributed by atoms with van der Waals surface area (Å²) < 4.78 is 4.70. The van der Waals surface area contributed by atoms with Crippen molar-refractivity contribution < 1.29 is 9.32 Å². The molecule has 1 aromatic carbocycles. The Labute approximate surface area is 141 Å². The van der Waals surface area contributed by atoms with Crippen molar-refractivity contribution in [2.45, 2.75) is 0 Å². The molecule has 0 aliphatic carbocycles. The molecule has 0 atom stereocenters. The van der Waals surface area contributed by atoms with Gasteiger partial charge in [0, 0.05) is 38.8 Å². The zero-order valence-corrected chi connectivity index (χ0v) is 13.6. The molecule has 1 aliphatic heterocycles. The Morgan fingerprint density at radius 3 is 2.58 bits per heavy atom. The van der Waals surface area contributed by atoms with Crippen LogP contribution >= 0.6 is 0 Å². The molecule has 1 N–H and O–H groups in total. The average molecular weight is 326 g/mol. The van der Waals surface area contributed by atoms with Gasteiger partial charge in [-0.05, 0) is 5.56 Å². The number of carbonyl (C=O) groups excluding carboxylic acids is 1. The second-order valence-corrected chi connectivity index (χ2v) is 5.82. The van der Waals surface area contributed by atoms with Gasteiger partial charge in [0.15, 0.2) is 5.82 Å². The van der Waals surface area contributed by atoms with Crippen LogP contribution in [0.4, 0.5) is 5.82 Å². The third-order valence-corrected chi connectivity index (χ3v) is 4.01. The van der Waals surface area contributed by atoms with Gasteiger partial charge in [-0.2, -0.15) is 0 Å². The molecule has 2 heterocycles. The van der Waals surface area contributed by atoms with E-state index in [0.717, 1.165) is 32.7 Å². The quantitative estimate of drug-likeness (QED) is 0.879. The molecule has 0 saturated carbocycles. The lowest BCUT2D eigenvalue weighted by atomic mass is 10.2. The van der Waals surface area contributed by atoms with Crippen molar-refractivity contribution in [3.05, 3.63) is 54.3 Å². The number of anilines is 1. The number of hydrogen-bond acceptors (Lipinski definition) is 5. The molecule has 1 fully saturated rings. The molecular weight excluding hydrogens is 304 g/mol. The van der Waals surface area contributed by atoms with Crippen molar-refractivity contribution >= 4 is 17.8 Å². The Morgan fingerprint density at radius 2 is 1.88 bits per heavy atom. The van der Waals surface area contributed by atoms with Crippen LogP contribution in [-0.4, -0.2) is 60.1 Å². The first-order valence-electron chi connectivity index (χ1n) is 8.16. The second kappa shape index (κ2) is 8.42. The van der Waals surface area contributed by atoms with Gasteiger partial charge in [0.05, 0.1) is 6.54 Å². The predicted octanol–water partition coefficient (Wildman–Crippen LogP) is 1.94. The Kier molecular flexibility index (Phi) is 5.76. The number of aromatic nitrogens is 1. The first-order valence-corrected chi connectivity index (χ1v) is 8.16. The van der Waals surface area contributed by atoms with Crippen LogP contribution in [-0.2, 0) is 4.79 Å². The zero-order chi connectivity index (χ0) is 16.6. The molecular formula is C18H22N4O2. The number of benzene rings is 1. The third kappa shape index (κ3) is 5.04. The number of hydrogen-bond donors (Lipinski definition) is 1. The summed E-state index contributed by atoms with van der Waals surface area (Å²) in [6.45, 7) is 5.05. The molecule has 6 heteroatoms. The maximum absolute atomic E-state index is 11.9. The molecule has 1 saturated heterocycles. The Bertz CT molecular complexity index is 647. The normalized spacial score (nSPS) is 16.5. The average Bonchev–Trinajstić information content (AvgIpc) is 3.10. The van der Waals surface area contributed by atoms with Crippen LogP contribution in [0.3, 0.4) is 0 Å². The zero-order valence-electron chi connectivity index (χ0n) is 13.6. The van der Waals surface area contributed by atoms with Gasteiger partial charge in [0.2, 0.25) is 5.91 Å². The largest absolute Gasteiger partial charge is 0.363 e. The van der Waals surface area contributed by atoms with E-state index < -0.39 is 0 Å². The van der Waals surface area contributed by atoms with E-state index in [0.29, 0.717) is 12.4 Å². The van der Waals surface area contributed by atoms with Gasteiger partial charge in [-0.15, -0.1) is 0 Å². The first kappa shape index (κ1) is 16.4. The van der Waals surface area contributed by atoms with E-state index in [1.165, 1.54) is 11.8 Å². The number of amides is 1. The highest BCUT2D eigenvalue weighted by molar-refractivity contribution is 5.91. The van der Waals surface area contributed by atoms with E-state index in [9.17, 15) is 4.79 Å². The molecule has 6 nitrogen and oxygen atoms in total. The highest BCUT2D eigenvalue weighted by Gasteiger charge is 2.18. The summed E-state index contributed by atoms with van der Waals surface area (Å²) in [5, 5.41) is 6.40. The lowest BCUT2D eigenvalue weighted by molar-refractivity contribution is -0.117. The lowest BCUT2D eigenvalue weighted by Gasteiger charge is -2.33. The van der Waals surface area contributed by atoms with Crippen molar-refractivity contribution in [2.75, 3.05) is 44.6 Å². The third-order valence-electron chi connectivity index (χ3n) is 4.01. The van der Waals surface area contributed by atoms with Crippen molar-refractivity contribution in [3.63, 3.8) is 0 Å². The van der Waals surface area contributed by atoms with Crippen LogP contribution in [0, 0.1) is 0 Å². The SMILES string of the molecule is O=C(CN1CCN(C/C=C/c2ccccc2)CC1)Nc1ccon1. The summed E-state index contributed by atoms with van der Waals surface area (Å²) in [4.78, 5) is 16.5. The Hall–Kier alpha value is -2.44. The van der Waals surface area contributed by atoms with Crippen molar-refractivity contribution in [2.24, 2.45) is 0 Å². The number of nitrogens with zero attached hydrogens (tertiary/aromatic N) is 3. The van der Waals surface area contributed by atoms with Gasteiger partial charge in [0.1, 0.15) is 6.26 Å². The van der Waals surface area contributed by atoms with Crippen LogP contribution < -0.4 is 5.32 Å². The van der Waals surface area contributed by atoms with E-state index in [2.05, 4.69) is 44.6 Å². The summed E-state index contributed by atoms with van der Waals surface area (Å²) in [5.74, 6) is 0.408. The van der Waals surface area contributed by atoms with Crippen LogP contribution in [0.2, 0.25) is 0 Å². The van der Waals surface area contributed by atoms with Gasteiger partial charge in [0.25, 0.3) is 0 Å². The van der Waals surface area contributed by atoms with E-state index in [-0.39, 0.29) is 5.91 Å². The maximum Gasteiger partial charge on any atom is 0.239 e. The van der Waals surface area contributed by atoms with E-state index in [1.807, 2.05) is 18.2 Å². The van der Waals surface area contributed by atoms with Crippen LogP contribution in [0.25, 0.3) is 6.08 Å². The standard InChI is InChI=1S/C18H22N4O2/c23-18(19-17-8-14-24-20-17)15-22-12-10-21(11-13-22)9-4-7-16-5-2-1-3-6-16/h1-8,14H,9-13,15H2,(H,19,20,23)/b7-4+. The highest BCUT2D eigenvalue weighted by atomic mass is 16.5. The van der Waals surface area contributed by atoms with Crippen LogP contribution in [0.15, 0.2) is 53.3 Å². The van der Waals surface area contributed by atoms with Gasteiger partial charge < -0.3 is 9.84 Å².